The van der Waals surface area contributed by atoms with Gasteiger partial charge in [-0.3, -0.25) is 4.98 Å². The molecule has 1 aliphatic heterocycles. The highest BCUT2D eigenvalue weighted by atomic mass is 32.1. The van der Waals surface area contributed by atoms with Gasteiger partial charge in [0.25, 0.3) is 0 Å². The van der Waals surface area contributed by atoms with Crippen molar-refractivity contribution in [2.45, 2.75) is 38.5 Å². The smallest absolute Gasteiger partial charge is 0.170 e. The number of rotatable bonds is 5. The summed E-state index contributed by atoms with van der Waals surface area (Å²) in [5.41, 5.74) is 2.20. The number of nitrogens with zero attached hydrogens (tertiary/aromatic N) is 3. The minimum Gasteiger partial charge on any atom is -0.467 e. The van der Waals surface area contributed by atoms with Crippen LogP contribution in [0.1, 0.15) is 49.0 Å². The van der Waals surface area contributed by atoms with E-state index in [0.717, 1.165) is 16.6 Å². The molecule has 0 saturated carbocycles. The average Bonchev–Trinajstić information content (AvgIpc) is 3.37. The van der Waals surface area contributed by atoms with Crippen molar-refractivity contribution in [3.8, 4) is 0 Å². The van der Waals surface area contributed by atoms with Crippen molar-refractivity contribution >= 4 is 17.3 Å². The molecular formula is C20H22N4OS. The highest BCUT2D eigenvalue weighted by molar-refractivity contribution is 7.80. The Hall–Kier alpha value is -2.60. The Kier molecular flexibility index (Phi) is 4.51. The minimum atomic E-state index is 0.00155. The molecule has 0 aliphatic carbocycles. The van der Waals surface area contributed by atoms with E-state index in [2.05, 4.69) is 52.1 Å². The number of aromatic nitrogens is 2. The Labute approximate surface area is 158 Å². The molecule has 2 unspecified atom stereocenters. The van der Waals surface area contributed by atoms with Crippen molar-refractivity contribution < 1.29 is 4.42 Å². The molecule has 3 aromatic rings. The maximum Gasteiger partial charge on any atom is 0.170 e. The third-order valence-electron chi connectivity index (χ3n) is 4.78. The van der Waals surface area contributed by atoms with Gasteiger partial charge in [0.15, 0.2) is 5.11 Å². The van der Waals surface area contributed by atoms with Crippen LogP contribution in [0.25, 0.3) is 0 Å². The molecule has 0 radical (unpaired) electrons. The lowest BCUT2D eigenvalue weighted by atomic mass is 9.99. The van der Waals surface area contributed by atoms with Crippen LogP contribution in [0.3, 0.4) is 0 Å². The number of hydrogen-bond donors (Lipinski definition) is 1. The molecule has 3 aromatic heterocycles. The molecule has 1 fully saturated rings. The fourth-order valence-corrected chi connectivity index (χ4v) is 3.74. The Bertz CT molecular complexity index is 872. The van der Waals surface area contributed by atoms with Crippen LogP contribution in [0, 0.1) is 0 Å². The van der Waals surface area contributed by atoms with Gasteiger partial charge in [-0.15, -0.1) is 0 Å². The standard InChI is InChI=1S/C20H22N4OS/c1-14(2)23-10-8-15(12-23)19-18(17-7-3-4-9-21-17)22-20(26)24(19)13-16-6-5-11-25-16/h3-12,14,18-19H,13H2,1-2H3,(H,22,26). The second kappa shape index (κ2) is 6.96. The molecular weight excluding hydrogens is 344 g/mol. The molecule has 6 heteroatoms. The summed E-state index contributed by atoms with van der Waals surface area (Å²) in [6.45, 7) is 4.98. The van der Waals surface area contributed by atoms with Gasteiger partial charge < -0.3 is 19.2 Å². The van der Waals surface area contributed by atoms with Crippen LogP contribution >= 0.6 is 12.2 Å². The van der Waals surface area contributed by atoms with E-state index in [0.29, 0.717) is 12.6 Å². The zero-order chi connectivity index (χ0) is 18.1. The summed E-state index contributed by atoms with van der Waals surface area (Å²) in [5.74, 6) is 0.893. The van der Waals surface area contributed by atoms with E-state index >= 15 is 0 Å². The largest absolute Gasteiger partial charge is 0.467 e. The van der Waals surface area contributed by atoms with Crippen molar-refractivity contribution in [3.05, 3.63) is 78.3 Å². The van der Waals surface area contributed by atoms with Crippen LogP contribution in [0.15, 0.2) is 65.7 Å². The van der Waals surface area contributed by atoms with Crippen LogP contribution in [0.2, 0.25) is 0 Å². The Morgan fingerprint density at radius 2 is 2.12 bits per heavy atom. The van der Waals surface area contributed by atoms with Crippen LogP contribution < -0.4 is 5.32 Å². The van der Waals surface area contributed by atoms with E-state index in [1.807, 2.05) is 36.5 Å². The molecule has 0 amide bonds. The zero-order valence-corrected chi connectivity index (χ0v) is 15.7. The van der Waals surface area contributed by atoms with Gasteiger partial charge >= 0.3 is 0 Å². The third kappa shape index (κ3) is 3.12. The highest BCUT2D eigenvalue weighted by Crippen LogP contribution is 2.39. The lowest BCUT2D eigenvalue weighted by Gasteiger charge is -2.26. The van der Waals surface area contributed by atoms with Crippen LogP contribution in [0.4, 0.5) is 0 Å². The summed E-state index contributed by atoms with van der Waals surface area (Å²) in [4.78, 5) is 6.75. The summed E-state index contributed by atoms with van der Waals surface area (Å²) >= 11 is 5.66. The maximum absolute atomic E-state index is 5.66. The zero-order valence-electron chi connectivity index (χ0n) is 14.9. The minimum absolute atomic E-state index is 0.00155. The second-order valence-electron chi connectivity index (χ2n) is 6.82. The van der Waals surface area contributed by atoms with E-state index in [-0.39, 0.29) is 12.1 Å². The SMILES string of the molecule is CC(C)n1ccc(C2C(c3ccccn3)NC(=S)N2Cc2ccco2)c1. The predicted octanol–water partition coefficient (Wildman–Crippen LogP) is 4.23. The monoisotopic (exact) mass is 366 g/mol. The Balaban J connectivity index is 1.73. The number of furan rings is 1. The van der Waals surface area contributed by atoms with E-state index in [9.17, 15) is 0 Å². The molecule has 26 heavy (non-hydrogen) atoms. The van der Waals surface area contributed by atoms with Crippen molar-refractivity contribution in [1.82, 2.24) is 19.8 Å². The molecule has 1 saturated heterocycles. The van der Waals surface area contributed by atoms with Crippen molar-refractivity contribution in [2.24, 2.45) is 0 Å². The number of hydrogen-bond acceptors (Lipinski definition) is 3. The van der Waals surface area contributed by atoms with Crippen molar-refractivity contribution in [1.29, 1.82) is 0 Å². The predicted molar refractivity (Wildman–Crippen MR) is 105 cm³/mol. The van der Waals surface area contributed by atoms with Crippen LogP contribution in [-0.2, 0) is 6.54 Å². The molecule has 1 aliphatic rings. The first-order valence-corrected chi connectivity index (χ1v) is 9.22. The van der Waals surface area contributed by atoms with Gasteiger partial charge in [-0.2, -0.15) is 0 Å². The molecule has 134 valence electrons. The van der Waals surface area contributed by atoms with Crippen LogP contribution in [0.5, 0.6) is 0 Å². The molecule has 4 rings (SSSR count). The maximum atomic E-state index is 5.66. The molecule has 0 aromatic carbocycles. The third-order valence-corrected chi connectivity index (χ3v) is 5.13. The second-order valence-corrected chi connectivity index (χ2v) is 7.21. The highest BCUT2D eigenvalue weighted by Gasteiger charge is 2.40. The van der Waals surface area contributed by atoms with Crippen molar-refractivity contribution in [3.63, 3.8) is 0 Å². The van der Waals surface area contributed by atoms with Gasteiger partial charge in [0.1, 0.15) is 5.76 Å². The lowest BCUT2D eigenvalue weighted by molar-refractivity contribution is 0.287. The van der Waals surface area contributed by atoms with E-state index < -0.39 is 0 Å². The van der Waals surface area contributed by atoms with Crippen molar-refractivity contribution in [2.75, 3.05) is 0 Å². The Morgan fingerprint density at radius 3 is 2.77 bits per heavy atom. The van der Waals surface area contributed by atoms with Gasteiger partial charge in [0, 0.05) is 24.6 Å². The normalized spacial score (nSPS) is 20.0. The number of thiocarbonyl (C=S) groups is 1. The summed E-state index contributed by atoms with van der Waals surface area (Å²) in [7, 11) is 0. The fraction of sp³-hybridized carbons (Fsp3) is 0.300. The van der Waals surface area contributed by atoms with E-state index in [1.165, 1.54) is 5.56 Å². The van der Waals surface area contributed by atoms with E-state index in [1.54, 1.807) is 6.26 Å². The molecule has 0 spiro atoms. The lowest BCUT2D eigenvalue weighted by Crippen LogP contribution is -2.28. The van der Waals surface area contributed by atoms with Crippen LogP contribution in [-0.4, -0.2) is 19.6 Å². The summed E-state index contributed by atoms with van der Waals surface area (Å²) in [6.07, 6.45) is 7.85. The summed E-state index contributed by atoms with van der Waals surface area (Å²) < 4.78 is 7.78. The fourth-order valence-electron chi connectivity index (χ4n) is 3.44. The molecule has 4 heterocycles. The molecule has 0 bridgehead atoms. The first-order chi connectivity index (χ1) is 12.6. The average molecular weight is 366 g/mol. The van der Waals surface area contributed by atoms with Gasteiger partial charge in [-0.05, 0) is 62.0 Å². The number of nitrogens with one attached hydrogen (secondary N) is 1. The molecule has 5 nitrogen and oxygen atoms in total. The first kappa shape index (κ1) is 16.8. The van der Waals surface area contributed by atoms with Gasteiger partial charge in [0.05, 0.1) is 30.6 Å². The quantitative estimate of drug-likeness (QED) is 0.685. The molecule has 2 atom stereocenters. The molecule has 1 N–H and O–H groups in total. The van der Waals surface area contributed by atoms with Gasteiger partial charge in [-0.1, -0.05) is 6.07 Å². The van der Waals surface area contributed by atoms with E-state index in [4.69, 9.17) is 16.6 Å². The van der Waals surface area contributed by atoms with Gasteiger partial charge in [0.2, 0.25) is 0 Å². The number of pyridine rings is 1. The first-order valence-electron chi connectivity index (χ1n) is 8.81. The van der Waals surface area contributed by atoms with Gasteiger partial charge in [-0.25, -0.2) is 0 Å². The topological polar surface area (TPSA) is 46.2 Å². The summed E-state index contributed by atoms with van der Waals surface area (Å²) in [5, 5.41) is 4.19. The summed E-state index contributed by atoms with van der Waals surface area (Å²) in [6, 6.07) is 12.5. The Morgan fingerprint density at radius 1 is 1.23 bits per heavy atom.